The quantitative estimate of drug-likeness (QED) is 0.307. The van der Waals surface area contributed by atoms with Gasteiger partial charge in [0.25, 0.3) is 0 Å². The predicted octanol–water partition coefficient (Wildman–Crippen LogP) is 5.86. The molecule has 0 aliphatic carbocycles. The molecule has 1 fully saturated rings. The summed E-state index contributed by atoms with van der Waals surface area (Å²) < 4.78 is 31.1. The number of hydrogen-bond acceptors (Lipinski definition) is 5. The maximum atomic E-state index is 15.6. The number of aromatic carboxylic acids is 1. The van der Waals surface area contributed by atoms with Gasteiger partial charge in [-0.2, -0.15) is 5.26 Å². The van der Waals surface area contributed by atoms with E-state index in [1.165, 1.54) is 42.5 Å². The van der Waals surface area contributed by atoms with Crippen molar-refractivity contribution in [2.75, 3.05) is 5.32 Å². The number of halogens is 4. The van der Waals surface area contributed by atoms with Crippen molar-refractivity contribution in [3.05, 3.63) is 105 Å². The van der Waals surface area contributed by atoms with Crippen LogP contribution in [0.5, 0.6) is 0 Å². The molecule has 7 nitrogen and oxygen atoms in total. The highest BCUT2D eigenvalue weighted by Gasteiger charge is 2.60. The molecule has 1 aliphatic rings. The second-order valence-corrected chi connectivity index (χ2v) is 10.2. The van der Waals surface area contributed by atoms with Crippen molar-refractivity contribution in [2.45, 2.75) is 36.8 Å². The molecular formula is C28H22Cl2F2N4O3. The highest BCUT2D eigenvalue weighted by atomic mass is 35.5. The van der Waals surface area contributed by atoms with Crippen molar-refractivity contribution >= 4 is 40.9 Å². The Kier molecular flexibility index (Phi) is 8.02. The number of hydrogen-bond donors (Lipinski definition) is 3. The van der Waals surface area contributed by atoms with Crippen LogP contribution in [0, 0.1) is 23.0 Å². The number of carboxylic acid groups (broad SMARTS) is 1. The highest BCUT2D eigenvalue weighted by molar-refractivity contribution is 6.31. The van der Waals surface area contributed by atoms with Crippen molar-refractivity contribution in [1.82, 2.24) is 10.3 Å². The van der Waals surface area contributed by atoms with Crippen molar-refractivity contribution < 1.29 is 23.5 Å². The number of pyridine rings is 1. The molecule has 0 saturated carbocycles. The first-order chi connectivity index (χ1) is 18.5. The molecular weight excluding hydrogens is 549 g/mol. The maximum absolute atomic E-state index is 15.6. The monoisotopic (exact) mass is 570 g/mol. The van der Waals surface area contributed by atoms with Gasteiger partial charge in [-0.05, 0) is 49.2 Å². The van der Waals surface area contributed by atoms with Gasteiger partial charge < -0.3 is 15.7 Å². The SMILES string of the molecule is C=C(C)C[C@@H]1N[C@@H](C(=O)Nc2ccc(C(=O)O)cn2)[C@H](c2cccc(Cl)c2F)[C@@]1(C#N)c1ccc(Cl)cc1F. The van der Waals surface area contributed by atoms with Crippen LogP contribution in [0.2, 0.25) is 10.0 Å². The Balaban J connectivity index is 1.91. The normalized spacial score (nSPS) is 22.2. The third-order valence-corrected chi connectivity index (χ3v) is 7.26. The van der Waals surface area contributed by atoms with Crippen LogP contribution in [0.4, 0.5) is 14.6 Å². The molecule has 1 aromatic heterocycles. The van der Waals surface area contributed by atoms with E-state index in [2.05, 4.69) is 28.3 Å². The number of carbonyl (C=O) groups excluding carboxylic acids is 1. The molecule has 3 aromatic rings. The van der Waals surface area contributed by atoms with E-state index in [1.54, 1.807) is 6.92 Å². The summed E-state index contributed by atoms with van der Waals surface area (Å²) >= 11 is 12.1. The number of rotatable bonds is 7. The van der Waals surface area contributed by atoms with Gasteiger partial charge in [-0.1, -0.05) is 47.0 Å². The van der Waals surface area contributed by atoms with Gasteiger partial charge in [0.1, 0.15) is 22.9 Å². The third-order valence-electron chi connectivity index (χ3n) is 6.73. The molecule has 0 unspecified atom stereocenters. The van der Waals surface area contributed by atoms with E-state index in [9.17, 15) is 14.9 Å². The number of nitriles is 1. The average Bonchev–Trinajstić information content (AvgIpc) is 3.20. The number of carbonyl (C=O) groups is 2. The lowest BCUT2D eigenvalue weighted by Crippen LogP contribution is -2.43. The van der Waals surface area contributed by atoms with Crippen LogP contribution in [0.15, 0.2) is 66.9 Å². The molecule has 4 rings (SSSR count). The molecule has 0 spiro atoms. The molecule has 2 aromatic carbocycles. The van der Waals surface area contributed by atoms with Crippen LogP contribution in [-0.4, -0.2) is 34.1 Å². The fraction of sp³-hybridized carbons (Fsp3) is 0.214. The Morgan fingerprint density at radius 3 is 2.56 bits per heavy atom. The summed E-state index contributed by atoms with van der Waals surface area (Å²) in [6.45, 7) is 5.64. The molecule has 0 radical (unpaired) electrons. The first-order valence-corrected chi connectivity index (χ1v) is 12.5. The Morgan fingerprint density at radius 1 is 1.23 bits per heavy atom. The van der Waals surface area contributed by atoms with Gasteiger partial charge in [0, 0.05) is 28.7 Å². The zero-order valence-electron chi connectivity index (χ0n) is 20.5. The molecule has 1 saturated heterocycles. The Bertz CT molecular complexity index is 1510. The number of amides is 1. The molecule has 200 valence electrons. The zero-order valence-corrected chi connectivity index (χ0v) is 22.0. The summed E-state index contributed by atoms with van der Waals surface area (Å²) in [5.74, 6) is -4.77. The molecule has 39 heavy (non-hydrogen) atoms. The number of benzene rings is 2. The fourth-order valence-corrected chi connectivity index (χ4v) is 5.43. The number of aromatic nitrogens is 1. The number of nitrogens with one attached hydrogen (secondary N) is 2. The summed E-state index contributed by atoms with van der Waals surface area (Å²) in [5.41, 5.74) is -1.39. The van der Waals surface area contributed by atoms with Crippen LogP contribution in [0.25, 0.3) is 0 Å². The van der Waals surface area contributed by atoms with Crippen molar-refractivity contribution in [1.29, 1.82) is 5.26 Å². The van der Waals surface area contributed by atoms with Gasteiger partial charge in [0.05, 0.1) is 22.7 Å². The molecule has 1 amide bonds. The van der Waals surface area contributed by atoms with Gasteiger partial charge >= 0.3 is 5.97 Å². The Labute approximate surface area is 233 Å². The maximum Gasteiger partial charge on any atom is 0.337 e. The lowest BCUT2D eigenvalue weighted by atomic mass is 9.64. The highest BCUT2D eigenvalue weighted by Crippen LogP contribution is 2.52. The van der Waals surface area contributed by atoms with Crippen LogP contribution < -0.4 is 10.6 Å². The minimum absolute atomic E-state index is 0.0284. The van der Waals surface area contributed by atoms with Crippen molar-refractivity contribution in [2.24, 2.45) is 0 Å². The predicted molar refractivity (Wildman–Crippen MR) is 143 cm³/mol. The van der Waals surface area contributed by atoms with Crippen LogP contribution in [-0.2, 0) is 10.2 Å². The van der Waals surface area contributed by atoms with E-state index in [4.69, 9.17) is 28.3 Å². The van der Waals surface area contributed by atoms with Gasteiger partial charge in [0.2, 0.25) is 5.91 Å². The van der Waals surface area contributed by atoms with Crippen molar-refractivity contribution in [3.63, 3.8) is 0 Å². The van der Waals surface area contributed by atoms with Gasteiger partial charge in [0.15, 0.2) is 0 Å². The largest absolute Gasteiger partial charge is 0.478 e. The second-order valence-electron chi connectivity index (χ2n) is 9.31. The van der Waals surface area contributed by atoms with E-state index in [1.807, 2.05) is 0 Å². The van der Waals surface area contributed by atoms with Crippen molar-refractivity contribution in [3.8, 4) is 6.07 Å². The third kappa shape index (κ3) is 5.23. The van der Waals surface area contributed by atoms with E-state index in [-0.39, 0.29) is 39.0 Å². The van der Waals surface area contributed by atoms with E-state index in [0.29, 0.717) is 5.57 Å². The second kappa shape index (κ2) is 11.1. The number of anilines is 1. The molecule has 2 heterocycles. The van der Waals surface area contributed by atoms with Crippen LogP contribution in [0.3, 0.4) is 0 Å². The Morgan fingerprint density at radius 2 is 1.97 bits per heavy atom. The average molecular weight is 571 g/mol. The van der Waals surface area contributed by atoms with Crippen LogP contribution in [0.1, 0.15) is 40.7 Å². The fourth-order valence-electron chi connectivity index (χ4n) is 5.09. The lowest BCUT2D eigenvalue weighted by molar-refractivity contribution is -0.118. The van der Waals surface area contributed by atoms with E-state index in [0.717, 1.165) is 12.3 Å². The van der Waals surface area contributed by atoms with E-state index >= 15 is 8.78 Å². The summed E-state index contributed by atoms with van der Waals surface area (Å²) in [6, 6.07) is 10.7. The summed E-state index contributed by atoms with van der Waals surface area (Å²) in [6.07, 6.45) is 1.23. The standard InChI is InChI=1S/C28H22Cl2F2N4O3/c1-14(2)10-21-28(13-33,18-8-7-16(29)11-20(18)31)23(17-4-3-5-19(30)24(17)32)25(35-21)26(37)36-22-9-6-15(12-34-22)27(38)39/h3-9,11-12,21,23,25,35H,1,10H2,2H3,(H,38,39)(H,34,36,37)/t21-,23-,25+,28-/m0/s1. The number of nitrogens with zero attached hydrogens (tertiary/aromatic N) is 2. The summed E-state index contributed by atoms with van der Waals surface area (Å²) in [5, 5.41) is 25.4. The topological polar surface area (TPSA) is 115 Å². The zero-order chi connectivity index (χ0) is 28.5. The van der Waals surface area contributed by atoms with Gasteiger partial charge in [-0.3, -0.25) is 4.79 Å². The first-order valence-electron chi connectivity index (χ1n) is 11.7. The molecule has 4 atom stereocenters. The Hall–Kier alpha value is -3.84. The molecule has 3 N–H and O–H groups in total. The smallest absolute Gasteiger partial charge is 0.337 e. The first kappa shape index (κ1) is 28.2. The minimum atomic E-state index is -1.80. The lowest BCUT2D eigenvalue weighted by Gasteiger charge is -2.35. The summed E-state index contributed by atoms with van der Waals surface area (Å²) in [4.78, 5) is 28.8. The van der Waals surface area contributed by atoms with Gasteiger partial charge in [-0.25, -0.2) is 18.6 Å². The number of carboxylic acids is 1. The molecule has 0 bridgehead atoms. The van der Waals surface area contributed by atoms with Gasteiger partial charge in [-0.15, -0.1) is 6.58 Å². The molecule has 1 aliphatic heterocycles. The molecule has 11 heteroatoms. The van der Waals surface area contributed by atoms with Crippen LogP contribution >= 0.6 is 23.2 Å². The van der Waals surface area contributed by atoms with E-state index < -0.39 is 46.9 Å². The minimum Gasteiger partial charge on any atom is -0.478 e. The summed E-state index contributed by atoms with van der Waals surface area (Å²) in [7, 11) is 0.